The first-order valence-electron chi connectivity index (χ1n) is 15.3. The molecule has 2 N–H and O–H groups in total. The number of carbonyl (C=O) groups excluding carboxylic acids is 2. The van der Waals surface area contributed by atoms with Crippen molar-refractivity contribution >= 4 is 17.5 Å². The molecule has 47 heavy (non-hydrogen) atoms. The summed E-state index contributed by atoms with van der Waals surface area (Å²) >= 11 is 0. The molecule has 2 amide bonds. The molecule has 4 aromatic heterocycles. The van der Waals surface area contributed by atoms with Gasteiger partial charge in [-0.2, -0.15) is 18.3 Å². The standard InChI is InChI=1S/C29H30F5N9O4/c1-14-18(40-46-39-14)10-27(11-20(29(32,33)34)37-26(27)45)9-15-8-21-36-19(13-43(21)35-12-15)22(17-4-6-28(30,31)7-5-17)38-25(44)24-23(16-2-3-16)41-47-42-24/h8,12-13,16-17,20,22H,2-7,9-11H2,1H3,(H,37,45)(H,38,44)/t20-,22-,27+/m0/s1. The first-order chi connectivity index (χ1) is 22.3. The van der Waals surface area contributed by atoms with Crippen LogP contribution >= 0.6 is 0 Å². The van der Waals surface area contributed by atoms with Crippen LogP contribution in [0.4, 0.5) is 22.0 Å². The van der Waals surface area contributed by atoms with Gasteiger partial charge in [-0.15, -0.1) is 0 Å². The van der Waals surface area contributed by atoms with E-state index in [-0.39, 0.29) is 61.7 Å². The summed E-state index contributed by atoms with van der Waals surface area (Å²) in [6.07, 6.45) is -1.18. The number of amides is 2. The molecule has 3 aliphatic rings. The molecule has 0 aromatic carbocycles. The number of hydrogen-bond acceptors (Lipinski definition) is 10. The van der Waals surface area contributed by atoms with Gasteiger partial charge in [0, 0.05) is 25.2 Å². The van der Waals surface area contributed by atoms with E-state index in [1.54, 1.807) is 19.2 Å². The van der Waals surface area contributed by atoms with Crippen molar-refractivity contribution in [2.45, 2.75) is 94.8 Å². The van der Waals surface area contributed by atoms with Crippen molar-refractivity contribution in [2.75, 3.05) is 0 Å². The Hall–Kier alpha value is -4.51. The van der Waals surface area contributed by atoms with Gasteiger partial charge >= 0.3 is 6.18 Å². The van der Waals surface area contributed by atoms with Crippen molar-refractivity contribution in [3.05, 3.63) is 52.5 Å². The number of imidazole rings is 1. The zero-order chi connectivity index (χ0) is 33.1. The Kier molecular flexibility index (Phi) is 7.50. The summed E-state index contributed by atoms with van der Waals surface area (Å²) in [6, 6.07) is -1.23. The van der Waals surface area contributed by atoms with Crippen LogP contribution < -0.4 is 10.6 Å². The molecule has 5 heterocycles. The number of aryl methyl sites for hydroxylation is 1. The molecule has 2 aliphatic carbocycles. The Morgan fingerprint density at radius 1 is 1.11 bits per heavy atom. The van der Waals surface area contributed by atoms with Crippen LogP contribution in [0.5, 0.6) is 0 Å². The third-order valence-electron chi connectivity index (χ3n) is 9.50. The Labute approximate surface area is 263 Å². The van der Waals surface area contributed by atoms with Crippen LogP contribution in [-0.2, 0) is 17.6 Å². The number of fused-ring (bicyclic) bond motifs is 1. The number of nitrogens with zero attached hydrogens (tertiary/aromatic N) is 7. The largest absolute Gasteiger partial charge is 0.408 e. The van der Waals surface area contributed by atoms with Crippen molar-refractivity contribution in [3.63, 3.8) is 0 Å². The average Bonchev–Trinajstić information content (AvgIpc) is 3.31. The van der Waals surface area contributed by atoms with E-state index in [2.05, 4.69) is 41.3 Å². The van der Waals surface area contributed by atoms with Gasteiger partial charge in [0.15, 0.2) is 11.3 Å². The molecule has 0 radical (unpaired) electrons. The minimum Gasteiger partial charge on any atom is -0.344 e. The minimum atomic E-state index is -4.65. The van der Waals surface area contributed by atoms with Crippen molar-refractivity contribution in [2.24, 2.45) is 11.3 Å². The monoisotopic (exact) mass is 663 g/mol. The van der Waals surface area contributed by atoms with Gasteiger partial charge in [-0.05, 0) is 68.2 Å². The first-order valence-corrected chi connectivity index (χ1v) is 15.3. The summed E-state index contributed by atoms with van der Waals surface area (Å²) in [5.74, 6) is -4.45. The number of rotatable bonds is 9. The predicted molar refractivity (Wildman–Crippen MR) is 148 cm³/mol. The fraction of sp³-hybridized carbons (Fsp3) is 0.586. The normalized spacial score (nSPS) is 24.0. The maximum Gasteiger partial charge on any atom is 0.408 e. The van der Waals surface area contributed by atoms with Gasteiger partial charge in [0.25, 0.3) is 5.91 Å². The van der Waals surface area contributed by atoms with Crippen molar-refractivity contribution < 1.29 is 40.8 Å². The van der Waals surface area contributed by atoms with E-state index in [1.165, 1.54) is 10.7 Å². The molecule has 1 saturated heterocycles. The Morgan fingerprint density at radius 2 is 1.85 bits per heavy atom. The molecule has 13 nitrogen and oxygen atoms in total. The molecule has 7 rings (SSSR count). The van der Waals surface area contributed by atoms with Crippen LogP contribution in [0.25, 0.3) is 5.65 Å². The lowest BCUT2D eigenvalue weighted by Gasteiger charge is -2.33. The highest BCUT2D eigenvalue weighted by atomic mass is 19.4. The second-order valence-electron chi connectivity index (χ2n) is 13.0. The molecule has 0 bridgehead atoms. The van der Waals surface area contributed by atoms with E-state index in [0.717, 1.165) is 12.8 Å². The van der Waals surface area contributed by atoms with E-state index in [9.17, 15) is 31.5 Å². The fourth-order valence-corrected chi connectivity index (χ4v) is 6.73. The molecule has 3 fully saturated rings. The molecule has 1 aliphatic heterocycles. The Balaban J connectivity index is 1.19. The van der Waals surface area contributed by atoms with Gasteiger partial charge in [0.05, 0.1) is 29.5 Å². The number of aromatic nitrogens is 7. The van der Waals surface area contributed by atoms with Crippen molar-refractivity contribution in [3.8, 4) is 0 Å². The summed E-state index contributed by atoms with van der Waals surface area (Å²) in [5.41, 5.74) is 0.666. The maximum atomic E-state index is 14.1. The third-order valence-corrected chi connectivity index (χ3v) is 9.50. The molecule has 2 saturated carbocycles. The summed E-state index contributed by atoms with van der Waals surface area (Å²) in [7, 11) is 0. The molecular formula is C29H30F5N9O4. The third kappa shape index (κ3) is 6.16. The van der Waals surface area contributed by atoms with Crippen LogP contribution in [0.2, 0.25) is 0 Å². The topological polar surface area (TPSA) is 166 Å². The van der Waals surface area contributed by atoms with Gasteiger partial charge < -0.3 is 10.6 Å². The van der Waals surface area contributed by atoms with Crippen LogP contribution in [0.3, 0.4) is 0 Å². The van der Waals surface area contributed by atoms with E-state index in [0.29, 0.717) is 28.3 Å². The molecule has 0 spiro atoms. The molecule has 18 heteroatoms. The van der Waals surface area contributed by atoms with E-state index >= 15 is 0 Å². The van der Waals surface area contributed by atoms with Crippen LogP contribution in [0, 0.1) is 18.3 Å². The summed E-state index contributed by atoms with van der Waals surface area (Å²) in [6.45, 7) is 1.59. The Morgan fingerprint density at radius 3 is 2.51 bits per heavy atom. The van der Waals surface area contributed by atoms with Gasteiger partial charge in [-0.25, -0.2) is 27.5 Å². The highest BCUT2D eigenvalue weighted by molar-refractivity contribution is 5.93. The average molecular weight is 664 g/mol. The quantitative estimate of drug-likeness (QED) is 0.248. The Bertz CT molecular complexity index is 1810. The lowest BCUT2D eigenvalue weighted by atomic mass is 9.75. The van der Waals surface area contributed by atoms with E-state index < -0.39 is 47.8 Å². The molecule has 4 aromatic rings. The minimum absolute atomic E-state index is 0.0395. The molecule has 0 unspecified atom stereocenters. The number of carbonyl (C=O) groups is 2. The molecular weight excluding hydrogens is 633 g/mol. The van der Waals surface area contributed by atoms with Crippen molar-refractivity contribution in [1.82, 2.24) is 45.9 Å². The first kappa shape index (κ1) is 31.1. The zero-order valence-electron chi connectivity index (χ0n) is 25.1. The van der Waals surface area contributed by atoms with E-state index in [1.807, 2.05) is 0 Å². The number of nitrogens with one attached hydrogen (secondary N) is 2. The van der Waals surface area contributed by atoms with Crippen LogP contribution in [0.15, 0.2) is 27.7 Å². The van der Waals surface area contributed by atoms with Gasteiger partial charge in [-0.1, -0.05) is 15.5 Å². The van der Waals surface area contributed by atoms with Crippen LogP contribution in [0.1, 0.15) is 95.7 Å². The molecule has 3 atom stereocenters. The number of alkyl halides is 5. The predicted octanol–water partition coefficient (Wildman–Crippen LogP) is 4.20. The second kappa shape index (κ2) is 11.3. The van der Waals surface area contributed by atoms with Gasteiger partial charge in [0.2, 0.25) is 11.8 Å². The number of halogens is 5. The van der Waals surface area contributed by atoms with E-state index in [4.69, 9.17) is 9.26 Å². The zero-order valence-corrected chi connectivity index (χ0v) is 25.1. The summed E-state index contributed by atoms with van der Waals surface area (Å²) in [5, 5.41) is 24.6. The summed E-state index contributed by atoms with van der Waals surface area (Å²) in [4.78, 5) is 31.3. The van der Waals surface area contributed by atoms with Crippen molar-refractivity contribution in [1.29, 1.82) is 0 Å². The second-order valence-corrected chi connectivity index (χ2v) is 13.0. The van der Waals surface area contributed by atoms with Gasteiger partial charge in [-0.3, -0.25) is 9.59 Å². The highest BCUT2D eigenvalue weighted by Crippen LogP contribution is 2.44. The highest BCUT2D eigenvalue weighted by Gasteiger charge is 2.56. The SMILES string of the molecule is Cc1nonc1C[C@]1(Cc2cnn3cc([C@@H](NC(=O)c4nonc4C4CC4)C4CCC(F)(F)CC4)nc3c2)C[C@@H](C(F)(F)F)NC1=O. The smallest absolute Gasteiger partial charge is 0.344 e. The summed E-state index contributed by atoms with van der Waals surface area (Å²) < 4.78 is 80.4. The van der Waals surface area contributed by atoms with Gasteiger partial charge in [0.1, 0.15) is 23.1 Å². The lowest BCUT2D eigenvalue weighted by Crippen LogP contribution is -2.39. The lowest BCUT2D eigenvalue weighted by molar-refractivity contribution is -0.155. The fourth-order valence-electron chi connectivity index (χ4n) is 6.73. The van der Waals surface area contributed by atoms with Crippen LogP contribution in [-0.4, -0.2) is 65.2 Å². The number of hydrogen-bond donors (Lipinski definition) is 2. The molecule has 250 valence electrons. The maximum absolute atomic E-state index is 14.1.